The van der Waals surface area contributed by atoms with Gasteiger partial charge in [0.05, 0.1) is 10.8 Å². The molecule has 0 spiro atoms. The molecule has 1 aromatic heterocycles. The molecule has 0 radical (unpaired) electrons. The number of nitrogens with one attached hydrogen (secondary N) is 1. The molecule has 1 aliphatic heterocycles. The number of hydrogen-bond acceptors (Lipinski definition) is 5. The van der Waals surface area contributed by atoms with E-state index in [0.29, 0.717) is 12.4 Å². The van der Waals surface area contributed by atoms with Crippen molar-refractivity contribution in [2.75, 3.05) is 18.0 Å². The number of hydrogen-bond donors (Lipinski definition) is 1. The van der Waals surface area contributed by atoms with Gasteiger partial charge in [0.15, 0.2) is 0 Å². The summed E-state index contributed by atoms with van der Waals surface area (Å²) < 4.78 is 0. The van der Waals surface area contributed by atoms with Crippen LogP contribution >= 0.6 is 0 Å². The zero-order valence-electron chi connectivity index (χ0n) is 13.7. The van der Waals surface area contributed by atoms with E-state index in [2.05, 4.69) is 17.2 Å². The molecule has 2 rings (SSSR count). The van der Waals surface area contributed by atoms with E-state index in [1.54, 1.807) is 6.07 Å². The molecular formula is C16H24N4O3. The van der Waals surface area contributed by atoms with Crippen LogP contribution in [0.1, 0.15) is 39.5 Å². The van der Waals surface area contributed by atoms with Crippen molar-refractivity contribution in [1.29, 1.82) is 0 Å². The Morgan fingerprint density at radius 3 is 2.96 bits per heavy atom. The van der Waals surface area contributed by atoms with Crippen molar-refractivity contribution in [1.82, 2.24) is 10.3 Å². The highest BCUT2D eigenvalue weighted by Gasteiger charge is 2.27. The molecule has 0 bridgehead atoms. The van der Waals surface area contributed by atoms with E-state index < -0.39 is 4.92 Å². The highest BCUT2D eigenvalue weighted by atomic mass is 16.6. The van der Waals surface area contributed by atoms with Crippen LogP contribution in [0.15, 0.2) is 18.3 Å². The van der Waals surface area contributed by atoms with Gasteiger partial charge in [-0.15, -0.1) is 0 Å². The fourth-order valence-electron chi connectivity index (χ4n) is 2.94. The van der Waals surface area contributed by atoms with Crippen molar-refractivity contribution in [3.8, 4) is 0 Å². The molecule has 7 heteroatoms. The highest BCUT2D eigenvalue weighted by Crippen LogP contribution is 2.23. The Balaban J connectivity index is 1.97. The van der Waals surface area contributed by atoms with Gasteiger partial charge in [-0.3, -0.25) is 14.9 Å². The van der Waals surface area contributed by atoms with Crippen molar-refractivity contribution in [2.45, 2.75) is 45.6 Å². The summed E-state index contributed by atoms with van der Waals surface area (Å²) in [5.41, 5.74) is -0.0200. The number of carbonyl (C=O) groups is 1. The molecule has 1 saturated heterocycles. The molecule has 0 aromatic carbocycles. The van der Waals surface area contributed by atoms with Gasteiger partial charge in [-0.2, -0.15) is 0 Å². The third-order valence-corrected chi connectivity index (χ3v) is 4.17. The summed E-state index contributed by atoms with van der Waals surface area (Å²) in [7, 11) is 0. The lowest BCUT2D eigenvalue weighted by Gasteiger charge is -2.33. The molecule has 2 heterocycles. The number of anilines is 1. The second kappa shape index (κ2) is 7.89. The van der Waals surface area contributed by atoms with Crippen molar-refractivity contribution in [2.24, 2.45) is 5.92 Å². The van der Waals surface area contributed by atoms with Gasteiger partial charge in [0.1, 0.15) is 12.0 Å². The smallest absolute Gasteiger partial charge is 0.287 e. The summed E-state index contributed by atoms with van der Waals surface area (Å²) in [6.07, 6.45) is 5.08. The van der Waals surface area contributed by atoms with Crippen LogP contribution in [0, 0.1) is 16.0 Å². The predicted octanol–water partition coefficient (Wildman–Crippen LogP) is 2.51. The van der Waals surface area contributed by atoms with Crippen LogP contribution in [0.3, 0.4) is 0 Å². The van der Waals surface area contributed by atoms with E-state index in [4.69, 9.17) is 0 Å². The minimum Gasteiger partial charge on any atom is -0.356 e. The molecule has 1 aromatic rings. The lowest BCUT2D eigenvalue weighted by molar-refractivity contribution is -0.385. The Labute approximate surface area is 136 Å². The topological polar surface area (TPSA) is 88.4 Å². The summed E-state index contributed by atoms with van der Waals surface area (Å²) in [6.45, 7) is 5.56. The first-order valence-electron chi connectivity index (χ1n) is 8.17. The van der Waals surface area contributed by atoms with E-state index in [9.17, 15) is 14.9 Å². The van der Waals surface area contributed by atoms with Crippen molar-refractivity contribution < 1.29 is 9.72 Å². The zero-order valence-corrected chi connectivity index (χ0v) is 13.7. The molecule has 1 N–H and O–H groups in total. The van der Waals surface area contributed by atoms with Crippen LogP contribution in [-0.4, -0.2) is 34.9 Å². The van der Waals surface area contributed by atoms with Gasteiger partial charge in [-0.1, -0.05) is 13.3 Å². The minimum absolute atomic E-state index is 0.0200. The molecule has 7 nitrogen and oxygen atoms in total. The fourth-order valence-corrected chi connectivity index (χ4v) is 2.94. The Bertz CT molecular complexity index is 547. The monoisotopic (exact) mass is 320 g/mol. The third-order valence-electron chi connectivity index (χ3n) is 4.17. The second-order valence-corrected chi connectivity index (χ2v) is 6.12. The van der Waals surface area contributed by atoms with E-state index in [-0.39, 0.29) is 23.6 Å². The van der Waals surface area contributed by atoms with Crippen molar-refractivity contribution in [3.05, 3.63) is 28.4 Å². The maximum Gasteiger partial charge on any atom is 0.287 e. The number of pyridine rings is 1. The second-order valence-electron chi connectivity index (χ2n) is 6.12. The van der Waals surface area contributed by atoms with Gasteiger partial charge in [-0.25, -0.2) is 4.98 Å². The summed E-state index contributed by atoms with van der Waals surface area (Å²) in [5.74, 6) is 0.729. The zero-order chi connectivity index (χ0) is 16.8. The number of piperidine rings is 1. The first kappa shape index (κ1) is 17.2. The number of amides is 1. The number of rotatable bonds is 6. The Kier molecular flexibility index (Phi) is 5.90. The van der Waals surface area contributed by atoms with Crippen LogP contribution < -0.4 is 10.2 Å². The molecule has 0 saturated carbocycles. The van der Waals surface area contributed by atoms with Crippen LogP contribution in [0.4, 0.5) is 11.5 Å². The Morgan fingerprint density at radius 2 is 2.35 bits per heavy atom. The molecular weight excluding hydrogens is 296 g/mol. The molecule has 23 heavy (non-hydrogen) atoms. The fraction of sp³-hybridized carbons (Fsp3) is 0.625. The predicted molar refractivity (Wildman–Crippen MR) is 88.3 cm³/mol. The molecule has 126 valence electrons. The standard InChI is InChI=1S/C16H24N4O3/c1-3-5-12(2)18-16(21)13-6-4-9-19(11-13)15-8-7-14(10-17-15)20(22)23/h7-8,10,12-13H,3-6,9,11H2,1-2H3,(H,18,21). The summed E-state index contributed by atoms with van der Waals surface area (Å²) in [4.78, 5) is 28.8. The first-order valence-corrected chi connectivity index (χ1v) is 8.17. The van der Waals surface area contributed by atoms with Crippen molar-refractivity contribution >= 4 is 17.4 Å². The van der Waals surface area contributed by atoms with E-state index in [0.717, 1.165) is 32.2 Å². The Hall–Kier alpha value is -2.18. The molecule has 1 aliphatic rings. The van der Waals surface area contributed by atoms with Crippen LogP contribution in [0.2, 0.25) is 0 Å². The largest absolute Gasteiger partial charge is 0.356 e. The third kappa shape index (κ3) is 4.64. The van der Waals surface area contributed by atoms with Gasteiger partial charge in [0, 0.05) is 25.2 Å². The quantitative estimate of drug-likeness (QED) is 0.642. The Morgan fingerprint density at radius 1 is 1.57 bits per heavy atom. The van der Waals surface area contributed by atoms with Gasteiger partial charge < -0.3 is 10.2 Å². The molecule has 2 unspecified atom stereocenters. The number of nitro groups is 1. The molecule has 1 fully saturated rings. The number of carbonyl (C=O) groups excluding carboxylic acids is 1. The minimum atomic E-state index is -0.460. The summed E-state index contributed by atoms with van der Waals surface area (Å²) >= 11 is 0. The maximum atomic E-state index is 12.4. The maximum absolute atomic E-state index is 12.4. The average molecular weight is 320 g/mol. The SMILES string of the molecule is CCCC(C)NC(=O)C1CCCN(c2ccc([N+](=O)[O-])cn2)C1. The van der Waals surface area contributed by atoms with Gasteiger partial charge in [0.25, 0.3) is 5.69 Å². The van der Waals surface area contributed by atoms with Crippen LogP contribution in [0.25, 0.3) is 0 Å². The molecule has 1 amide bonds. The number of nitrogens with zero attached hydrogens (tertiary/aromatic N) is 3. The first-order chi connectivity index (χ1) is 11.0. The normalized spacial score (nSPS) is 19.2. The lowest BCUT2D eigenvalue weighted by atomic mass is 9.96. The average Bonchev–Trinajstić information content (AvgIpc) is 2.55. The van der Waals surface area contributed by atoms with Gasteiger partial charge in [0.2, 0.25) is 5.91 Å². The lowest BCUT2D eigenvalue weighted by Crippen LogP contribution is -2.45. The highest BCUT2D eigenvalue weighted by molar-refractivity contribution is 5.79. The summed E-state index contributed by atoms with van der Waals surface area (Å²) in [5, 5.41) is 13.8. The van der Waals surface area contributed by atoms with Crippen molar-refractivity contribution in [3.63, 3.8) is 0 Å². The summed E-state index contributed by atoms with van der Waals surface area (Å²) in [6, 6.07) is 3.30. The van der Waals surface area contributed by atoms with Crippen LogP contribution in [0.5, 0.6) is 0 Å². The number of aromatic nitrogens is 1. The van der Waals surface area contributed by atoms with E-state index in [1.165, 1.54) is 12.3 Å². The van der Waals surface area contributed by atoms with Gasteiger partial charge >= 0.3 is 0 Å². The van der Waals surface area contributed by atoms with E-state index >= 15 is 0 Å². The molecule has 0 aliphatic carbocycles. The van der Waals surface area contributed by atoms with Gasteiger partial charge in [-0.05, 0) is 32.3 Å². The van der Waals surface area contributed by atoms with E-state index in [1.807, 2.05) is 11.8 Å². The molecule has 2 atom stereocenters. The van der Waals surface area contributed by atoms with Crippen LogP contribution in [-0.2, 0) is 4.79 Å².